The molecule has 2 rings (SSSR count). The van der Waals surface area contributed by atoms with E-state index in [1.807, 2.05) is 0 Å². The molecule has 0 saturated carbocycles. The van der Waals surface area contributed by atoms with Gasteiger partial charge in [-0.3, -0.25) is 4.57 Å². The first kappa shape index (κ1) is 15.2. The molecule has 0 saturated heterocycles. The Morgan fingerprint density at radius 3 is 1.61 bits per heavy atom. The fraction of sp³-hybridized carbons (Fsp3) is 0.111. The van der Waals surface area contributed by atoms with Gasteiger partial charge >= 0.3 is 0 Å². The van der Waals surface area contributed by atoms with Crippen LogP contribution in [0.25, 0.3) is 5.82 Å². The van der Waals surface area contributed by atoms with Gasteiger partial charge in [0.2, 0.25) is 0 Å². The van der Waals surface area contributed by atoms with Crippen LogP contribution in [0.4, 0.5) is 0 Å². The number of nitrogens with zero attached hydrogens (tertiary/aromatic N) is 2. The van der Waals surface area contributed by atoms with Gasteiger partial charge in [-0.15, -0.1) is 0 Å². The minimum absolute atomic E-state index is 0.212. The molecule has 0 bridgehead atoms. The lowest BCUT2D eigenvalue weighted by atomic mass is 10.6. The molecular formula is C9H3BrCl6N2. The summed E-state index contributed by atoms with van der Waals surface area (Å²) in [5.41, 5.74) is 0. The van der Waals surface area contributed by atoms with E-state index in [9.17, 15) is 0 Å². The Bertz CT molecular complexity index is 537. The molecule has 2 nitrogen and oxygen atoms in total. The van der Waals surface area contributed by atoms with Crippen molar-refractivity contribution in [3.63, 3.8) is 0 Å². The summed E-state index contributed by atoms with van der Waals surface area (Å²) < 4.78 is 3.57. The van der Waals surface area contributed by atoms with Crippen LogP contribution in [0.3, 0.4) is 0 Å². The lowest BCUT2D eigenvalue weighted by Gasteiger charge is -2.09. The van der Waals surface area contributed by atoms with Crippen molar-refractivity contribution < 1.29 is 0 Å². The molecule has 0 spiro atoms. The van der Waals surface area contributed by atoms with Crippen molar-refractivity contribution in [3.05, 3.63) is 35.0 Å². The van der Waals surface area contributed by atoms with Crippen LogP contribution < -0.4 is 0 Å². The lowest BCUT2D eigenvalue weighted by Crippen LogP contribution is -2.02. The standard InChI is InChI=1S/C9H3BrCl6N2/c1-17-7(15)4(13)5(14)9(17)18-6(10)2(11)3(12)8(18)16/h1H3. The van der Waals surface area contributed by atoms with Crippen LogP contribution in [-0.2, 0) is 7.05 Å². The Labute approximate surface area is 141 Å². The fourth-order valence-electron chi connectivity index (χ4n) is 1.47. The lowest BCUT2D eigenvalue weighted by molar-refractivity contribution is 0.840. The van der Waals surface area contributed by atoms with Crippen molar-refractivity contribution in [2.75, 3.05) is 0 Å². The van der Waals surface area contributed by atoms with E-state index in [1.54, 1.807) is 11.6 Å². The molecule has 0 atom stereocenters. The normalized spacial score (nSPS) is 11.3. The van der Waals surface area contributed by atoms with Gasteiger partial charge in [-0.25, -0.2) is 0 Å². The van der Waals surface area contributed by atoms with Gasteiger partial charge in [0, 0.05) is 7.05 Å². The molecule has 9 heteroatoms. The van der Waals surface area contributed by atoms with Gasteiger partial charge in [-0.1, -0.05) is 69.6 Å². The zero-order chi connectivity index (χ0) is 13.8. The second kappa shape index (κ2) is 5.28. The van der Waals surface area contributed by atoms with E-state index >= 15 is 0 Å². The molecule has 18 heavy (non-hydrogen) atoms. The summed E-state index contributed by atoms with van der Waals surface area (Å²) >= 11 is 39.5. The molecule has 2 heterocycles. The third-order valence-corrected chi connectivity index (χ3v) is 5.97. The van der Waals surface area contributed by atoms with E-state index < -0.39 is 0 Å². The molecule has 0 N–H and O–H groups in total. The maximum absolute atomic E-state index is 6.14. The quantitative estimate of drug-likeness (QED) is 0.488. The first-order chi connectivity index (χ1) is 8.29. The fourth-order valence-corrected chi connectivity index (χ4v) is 3.62. The topological polar surface area (TPSA) is 9.86 Å². The second-order valence-electron chi connectivity index (χ2n) is 3.35. The Kier molecular flexibility index (Phi) is 4.45. The third-order valence-electron chi connectivity index (χ3n) is 2.34. The van der Waals surface area contributed by atoms with Crippen LogP contribution in [0.15, 0.2) is 4.60 Å². The predicted molar refractivity (Wildman–Crippen MR) is 82.5 cm³/mol. The molecule has 0 aliphatic heterocycles. The highest BCUT2D eigenvalue weighted by molar-refractivity contribution is 9.10. The van der Waals surface area contributed by atoms with Crippen LogP contribution >= 0.6 is 85.5 Å². The highest BCUT2D eigenvalue weighted by Gasteiger charge is 2.25. The third kappa shape index (κ3) is 2.08. The summed E-state index contributed by atoms with van der Waals surface area (Å²) in [6, 6.07) is 0. The predicted octanol–water partition coefficient (Wildman–Crippen LogP) is 6.50. The molecule has 0 fully saturated rings. The molecule has 2 aromatic rings. The minimum Gasteiger partial charge on any atom is -0.319 e. The number of halogens is 7. The molecule has 0 aliphatic carbocycles. The van der Waals surface area contributed by atoms with Gasteiger partial charge < -0.3 is 4.57 Å². The first-order valence-corrected chi connectivity index (χ1v) is 7.45. The summed E-state index contributed by atoms with van der Waals surface area (Å²) in [6.45, 7) is 0. The van der Waals surface area contributed by atoms with Crippen molar-refractivity contribution in [1.29, 1.82) is 0 Å². The first-order valence-electron chi connectivity index (χ1n) is 4.39. The van der Waals surface area contributed by atoms with E-state index in [-0.39, 0.29) is 25.2 Å². The highest BCUT2D eigenvalue weighted by atomic mass is 79.9. The molecule has 0 aromatic carbocycles. The van der Waals surface area contributed by atoms with Gasteiger partial charge in [0.1, 0.15) is 25.7 Å². The van der Waals surface area contributed by atoms with E-state index in [0.717, 1.165) is 0 Å². The Balaban J connectivity index is 2.86. The van der Waals surface area contributed by atoms with Gasteiger partial charge in [-0.2, -0.15) is 0 Å². The maximum atomic E-state index is 6.14. The molecule has 0 radical (unpaired) electrons. The zero-order valence-corrected chi connectivity index (χ0v) is 14.7. The monoisotopic (exact) mass is 428 g/mol. The molecule has 2 aromatic heterocycles. The van der Waals surface area contributed by atoms with Crippen molar-refractivity contribution in [3.8, 4) is 5.82 Å². The van der Waals surface area contributed by atoms with E-state index in [2.05, 4.69) is 15.9 Å². The van der Waals surface area contributed by atoms with Crippen molar-refractivity contribution >= 4 is 85.5 Å². The van der Waals surface area contributed by atoms with Crippen molar-refractivity contribution in [2.24, 2.45) is 7.05 Å². The smallest absolute Gasteiger partial charge is 0.140 e. The summed E-state index contributed by atoms with van der Waals surface area (Å²) in [7, 11) is 1.69. The average Bonchev–Trinajstić information content (AvgIpc) is 2.64. The van der Waals surface area contributed by atoms with Crippen LogP contribution in [0.1, 0.15) is 0 Å². The largest absolute Gasteiger partial charge is 0.319 e. The van der Waals surface area contributed by atoms with E-state index in [4.69, 9.17) is 69.6 Å². The van der Waals surface area contributed by atoms with Crippen LogP contribution in [0, 0.1) is 0 Å². The summed E-state index contributed by atoms with van der Waals surface area (Å²) in [5.74, 6) is 0.470. The second-order valence-corrected chi connectivity index (χ2v) is 6.33. The summed E-state index contributed by atoms with van der Waals surface area (Å²) in [5, 5.41) is 1.50. The number of hydrogen-bond donors (Lipinski definition) is 0. The van der Waals surface area contributed by atoms with E-state index in [0.29, 0.717) is 15.6 Å². The maximum Gasteiger partial charge on any atom is 0.140 e. The number of rotatable bonds is 1. The average molecular weight is 432 g/mol. The highest BCUT2D eigenvalue weighted by Crippen LogP contribution is 2.45. The Morgan fingerprint density at radius 2 is 1.28 bits per heavy atom. The van der Waals surface area contributed by atoms with Gasteiger partial charge in [-0.05, 0) is 15.9 Å². The molecule has 0 unspecified atom stereocenters. The molecule has 98 valence electrons. The number of hydrogen-bond acceptors (Lipinski definition) is 0. The molecular weight excluding hydrogens is 429 g/mol. The molecule has 0 amide bonds. The summed E-state index contributed by atoms with van der Waals surface area (Å²) in [6.07, 6.45) is 0. The SMILES string of the molecule is Cn1c(Cl)c(Cl)c(Cl)c1-n1c(Cl)c(Cl)c(Cl)c1Br. The van der Waals surface area contributed by atoms with Crippen LogP contribution in [0.5, 0.6) is 0 Å². The summed E-state index contributed by atoms with van der Waals surface area (Å²) in [4.78, 5) is 0. The van der Waals surface area contributed by atoms with E-state index in [1.165, 1.54) is 4.57 Å². The molecule has 0 aliphatic rings. The minimum atomic E-state index is 0.212. The zero-order valence-electron chi connectivity index (χ0n) is 8.54. The van der Waals surface area contributed by atoms with Gasteiger partial charge in [0.25, 0.3) is 0 Å². The van der Waals surface area contributed by atoms with Crippen LogP contribution in [0.2, 0.25) is 30.4 Å². The van der Waals surface area contributed by atoms with Crippen LogP contribution in [-0.4, -0.2) is 9.13 Å². The Morgan fingerprint density at radius 1 is 0.778 bits per heavy atom. The Hall–Kier alpha value is 0.780. The number of aromatic nitrogens is 2. The van der Waals surface area contributed by atoms with Gasteiger partial charge in [0.05, 0.1) is 15.1 Å². The van der Waals surface area contributed by atoms with Crippen molar-refractivity contribution in [2.45, 2.75) is 0 Å². The van der Waals surface area contributed by atoms with Gasteiger partial charge in [0.15, 0.2) is 0 Å². The van der Waals surface area contributed by atoms with Crippen molar-refractivity contribution in [1.82, 2.24) is 9.13 Å².